The van der Waals surface area contributed by atoms with E-state index in [1.807, 2.05) is 26.0 Å². The molecule has 0 fully saturated rings. The van der Waals surface area contributed by atoms with Crippen LogP contribution in [0.2, 0.25) is 0 Å². The molecule has 0 aliphatic rings. The van der Waals surface area contributed by atoms with Gasteiger partial charge >= 0.3 is 0 Å². The number of unbranched alkanes of at least 4 members (excludes halogenated alkanes) is 6. The lowest BCUT2D eigenvalue weighted by molar-refractivity contribution is 0.168. The quantitative estimate of drug-likeness (QED) is 0.206. The third-order valence-corrected chi connectivity index (χ3v) is 7.46. The molecule has 0 aromatic carbocycles. The average molecular weight is 479 g/mol. The maximum absolute atomic E-state index is 10.4. The second kappa shape index (κ2) is 14.4. The summed E-state index contributed by atoms with van der Waals surface area (Å²) in [6.45, 7) is 9.78. The second-order valence-electron chi connectivity index (χ2n) is 8.11. The molecule has 2 rings (SSSR count). The Labute approximate surface area is 199 Å². The molecular formula is C24H38N4O2S2. The third kappa shape index (κ3) is 8.62. The smallest absolute Gasteiger partial charge is 0.166 e. The molecule has 6 nitrogen and oxygen atoms in total. The van der Waals surface area contributed by atoms with Crippen molar-refractivity contribution in [3.05, 3.63) is 46.6 Å². The minimum atomic E-state index is 0.616. The molecule has 32 heavy (non-hydrogen) atoms. The molecule has 0 aliphatic carbocycles. The molecule has 2 aromatic rings. The molecule has 0 aliphatic heterocycles. The molecule has 0 saturated heterocycles. The van der Waals surface area contributed by atoms with Gasteiger partial charge in [-0.15, -0.1) is 0 Å². The first-order valence-electron chi connectivity index (χ1n) is 11.7. The predicted octanol–water partition coefficient (Wildman–Crippen LogP) is 6.14. The summed E-state index contributed by atoms with van der Waals surface area (Å²) in [7, 11) is 3.07. The zero-order valence-corrected chi connectivity index (χ0v) is 21.5. The Morgan fingerprint density at radius 3 is 1.44 bits per heavy atom. The number of nitrogens with zero attached hydrogens (tertiary/aromatic N) is 4. The van der Waals surface area contributed by atoms with Gasteiger partial charge in [-0.3, -0.25) is 9.98 Å². The monoisotopic (exact) mass is 478 g/mol. The molecule has 2 aromatic heterocycles. The van der Waals surface area contributed by atoms with Crippen LogP contribution < -0.4 is 11.0 Å². The van der Waals surface area contributed by atoms with Gasteiger partial charge in [0.2, 0.25) is 0 Å². The minimum absolute atomic E-state index is 0.616. The van der Waals surface area contributed by atoms with E-state index in [0.717, 1.165) is 56.3 Å². The summed E-state index contributed by atoms with van der Waals surface area (Å²) in [5.74, 6) is 0. The van der Waals surface area contributed by atoms with E-state index in [1.165, 1.54) is 60.1 Å². The Morgan fingerprint density at radius 1 is 0.688 bits per heavy atom. The van der Waals surface area contributed by atoms with Crippen LogP contribution in [0, 0.1) is 13.8 Å². The highest BCUT2D eigenvalue weighted by Crippen LogP contribution is 2.36. The molecule has 0 bridgehead atoms. The van der Waals surface area contributed by atoms with Crippen molar-refractivity contribution in [2.24, 2.45) is 9.98 Å². The Kier molecular flexibility index (Phi) is 11.9. The zero-order chi connectivity index (χ0) is 23.3. The zero-order valence-electron chi connectivity index (χ0n) is 19.9. The number of aromatic nitrogens is 2. The Morgan fingerprint density at radius 2 is 1.09 bits per heavy atom. The second-order valence-corrected chi connectivity index (χ2v) is 10.4. The number of pyridine rings is 2. The fourth-order valence-electron chi connectivity index (χ4n) is 3.38. The molecule has 0 radical (unpaired) electrons. The van der Waals surface area contributed by atoms with Gasteiger partial charge in [0.1, 0.15) is 0 Å². The van der Waals surface area contributed by atoms with Crippen molar-refractivity contribution in [1.82, 2.24) is 9.46 Å². The van der Waals surface area contributed by atoms with Crippen LogP contribution in [0.3, 0.4) is 0 Å². The third-order valence-electron chi connectivity index (χ3n) is 5.14. The topological polar surface area (TPSA) is 75.0 Å². The van der Waals surface area contributed by atoms with Crippen molar-refractivity contribution in [2.45, 2.75) is 88.9 Å². The highest BCUT2D eigenvalue weighted by Gasteiger charge is 2.06. The molecular weight excluding hydrogens is 440 g/mol. The Bertz CT molecular complexity index is 851. The maximum atomic E-state index is 10.4. The molecule has 0 saturated carbocycles. The number of hydrogen-bond acceptors (Lipinski definition) is 6. The summed E-state index contributed by atoms with van der Waals surface area (Å²) in [6, 6.07) is 4.07. The van der Waals surface area contributed by atoms with E-state index in [2.05, 4.69) is 23.8 Å². The van der Waals surface area contributed by atoms with Gasteiger partial charge in [-0.1, -0.05) is 74.0 Å². The maximum Gasteiger partial charge on any atom is 0.166 e. The van der Waals surface area contributed by atoms with E-state index in [0.29, 0.717) is 11.0 Å². The van der Waals surface area contributed by atoms with Crippen molar-refractivity contribution in [3.8, 4) is 0 Å². The highest BCUT2D eigenvalue weighted by atomic mass is 33.1. The molecule has 8 heteroatoms. The van der Waals surface area contributed by atoms with Crippen LogP contribution in [-0.4, -0.2) is 33.0 Å². The van der Waals surface area contributed by atoms with Gasteiger partial charge in [0.05, 0.1) is 12.4 Å². The first-order chi connectivity index (χ1) is 15.5. The molecule has 178 valence electrons. The fourth-order valence-corrected chi connectivity index (χ4v) is 5.44. The summed E-state index contributed by atoms with van der Waals surface area (Å²) in [4.78, 5) is 11.0. The predicted molar refractivity (Wildman–Crippen MR) is 134 cm³/mol. The molecule has 0 amide bonds. The molecule has 2 heterocycles. The first kappa shape index (κ1) is 26.5. The highest BCUT2D eigenvalue weighted by molar-refractivity contribution is 8.76. The summed E-state index contributed by atoms with van der Waals surface area (Å²) in [5.41, 5.74) is 3.12. The molecule has 2 N–H and O–H groups in total. The largest absolute Gasteiger partial charge is 0.427 e. The molecule has 0 unspecified atom stereocenters. The number of aryl methyl sites for hydroxylation is 2. The van der Waals surface area contributed by atoms with Crippen LogP contribution in [0.15, 0.2) is 44.3 Å². The molecule has 0 spiro atoms. The van der Waals surface area contributed by atoms with Crippen LogP contribution in [-0.2, 0) is 0 Å². The summed E-state index contributed by atoms with van der Waals surface area (Å²) in [6.07, 6.45) is 12.7. The van der Waals surface area contributed by atoms with Gasteiger partial charge in [-0.25, -0.2) is 0 Å². The lowest BCUT2D eigenvalue weighted by Gasteiger charge is -2.09. The van der Waals surface area contributed by atoms with E-state index in [1.54, 1.807) is 12.4 Å². The van der Waals surface area contributed by atoms with Crippen molar-refractivity contribution >= 4 is 21.6 Å². The lowest BCUT2D eigenvalue weighted by atomic mass is 10.2. The number of hydrogen-bond donors (Lipinski definition) is 2. The van der Waals surface area contributed by atoms with Crippen LogP contribution in [0.25, 0.3) is 0 Å². The van der Waals surface area contributed by atoms with E-state index in [4.69, 9.17) is 0 Å². The van der Waals surface area contributed by atoms with E-state index in [-0.39, 0.29) is 0 Å². The van der Waals surface area contributed by atoms with Crippen molar-refractivity contribution in [1.29, 1.82) is 0 Å². The normalized spacial score (nSPS) is 12.6. The van der Waals surface area contributed by atoms with Gasteiger partial charge < -0.3 is 10.4 Å². The van der Waals surface area contributed by atoms with Crippen molar-refractivity contribution in [3.63, 3.8) is 0 Å². The van der Waals surface area contributed by atoms with E-state index in [9.17, 15) is 10.4 Å². The first-order valence-corrected chi connectivity index (χ1v) is 13.8. The lowest BCUT2D eigenvalue weighted by Crippen LogP contribution is -2.22. The fraction of sp³-hybridized carbons (Fsp3) is 0.583. The summed E-state index contributed by atoms with van der Waals surface area (Å²) in [5, 5.41) is 20.8. The molecule has 0 atom stereocenters. The average Bonchev–Trinajstić information content (AvgIpc) is 2.75. The summed E-state index contributed by atoms with van der Waals surface area (Å²) >= 11 is 0. The van der Waals surface area contributed by atoms with Gasteiger partial charge in [-0.2, -0.15) is 9.46 Å². The van der Waals surface area contributed by atoms with Gasteiger partial charge in [0, 0.05) is 22.9 Å². The standard InChI is InChI=1S/C24H38N4O2S2/c1-5-7-9-11-13-25-23-19(3)15-21(17-27(23)29)31-32-22-16-20(4)24(28(30)18-22)26-14-12-10-8-6-2/h15-18,29-30H,5-14H2,1-4H3. The van der Waals surface area contributed by atoms with Crippen molar-refractivity contribution < 1.29 is 10.4 Å². The van der Waals surface area contributed by atoms with Crippen LogP contribution in [0.5, 0.6) is 0 Å². The van der Waals surface area contributed by atoms with Crippen LogP contribution >= 0.6 is 21.6 Å². The SMILES string of the molecule is CCCCCCN=c1c(C)cc(SSc2cc(C)c(=NCCCCCC)n(O)c2)cn1O. The van der Waals surface area contributed by atoms with E-state index < -0.39 is 0 Å². The van der Waals surface area contributed by atoms with Crippen LogP contribution in [0.4, 0.5) is 0 Å². The van der Waals surface area contributed by atoms with Crippen molar-refractivity contribution in [2.75, 3.05) is 13.1 Å². The minimum Gasteiger partial charge on any atom is -0.427 e. The van der Waals surface area contributed by atoms with Gasteiger partial charge in [0.15, 0.2) is 11.0 Å². The number of rotatable bonds is 13. The van der Waals surface area contributed by atoms with Gasteiger partial charge in [0.25, 0.3) is 0 Å². The van der Waals surface area contributed by atoms with E-state index >= 15 is 0 Å². The Balaban J connectivity index is 2.02. The Hall–Kier alpha value is -1.80. The van der Waals surface area contributed by atoms with Gasteiger partial charge in [-0.05, 0) is 49.9 Å². The summed E-state index contributed by atoms with van der Waals surface area (Å²) < 4.78 is 2.24. The van der Waals surface area contributed by atoms with Crippen LogP contribution in [0.1, 0.15) is 76.3 Å².